The molecule has 0 spiro atoms. The van der Waals surface area contributed by atoms with Gasteiger partial charge in [-0.15, -0.1) is 0 Å². The first kappa shape index (κ1) is 19.5. The lowest BCUT2D eigenvalue weighted by atomic mass is 9.68. The Bertz CT molecular complexity index is 486. The Morgan fingerprint density at radius 2 is 1.83 bits per heavy atom. The molecule has 0 amide bonds. The summed E-state index contributed by atoms with van der Waals surface area (Å²) in [5, 5.41) is 48.2. The highest BCUT2D eigenvalue weighted by Crippen LogP contribution is 2.39. The zero-order valence-corrected chi connectivity index (χ0v) is 13.8. The molecule has 1 saturated heterocycles. The summed E-state index contributed by atoms with van der Waals surface area (Å²) < 4.78 is 10.7. The molecule has 6 atom stereocenters. The van der Waals surface area contributed by atoms with Crippen LogP contribution in [0.2, 0.25) is 0 Å². The summed E-state index contributed by atoms with van der Waals surface area (Å²) in [6.07, 6.45) is -5.04. The molecule has 1 aliphatic carbocycles. The molecule has 8 heteroatoms. The summed E-state index contributed by atoms with van der Waals surface area (Å²) >= 11 is 0. The molecule has 0 aromatic carbocycles. The van der Waals surface area contributed by atoms with E-state index >= 15 is 0 Å². The van der Waals surface area contributed by atoms with Gasteiger partial charge in [-0.05, 0) is 17.1 Å². The molecular formula is C16H26O8. The van der Waals surface area contributed by atoms with Crippen LogP contribution in [0.25, 0.3) is 0 Å². The molecule has 8 nitrogen and oxygen atoms in total. The Hall–Kier alpha value is -0.870. The smallest absolute Gasteiger partial charge is 0.187 e. The molecule has 1 aliphatic heterocycles. The van der Waals surface area contributed by atoms with Crippen molar-refractivity contribution in [1.29, 1.82) is 0 Å². The van der Waals surface area contributed by atoms with E-state index < -0.39 is 42.7 Å². The van der Waals surface area contributed by atoms with Crippen molar-refractivity contribution in [1.82, 2.24) is 0 Å². The zero-order valence-electron chi connectivity index (χ0n) is 13.8. The van der Waals surface area contributed by atoms with E-state index in [0.29, 0.717) is 12.0 Å². The van der Waals surface area contributed by atoms with E-state index in [9.17, 15) is 25.2 Å². The van der Waals surface area contributed by atoms with Crippen LogP contribution in [0.1, 0.15) is 20.3 Å². The van der Waals surface area contributed by atoms with Gasteiger partial charge in [0.25, 0.3) is 0 Å². The van der Waals surface area contributed by atoms with Crippen LogP contribution in [0.15, 0.2) is 11.6 Å². The Labute approximate surface area is 140 Å². The number of aliphatic hydroxyl groups is 5. The maximum atomic E-state index is 11.9. The lowest BCUT2D eigenvalue weighted by molar-refractivity contribution is -0.299. The minimum atomic E-state index is -1.52. The fraction of sp³-hybridized carbons (Fsp3) is 0.812. The van der Waals surface area contributed by atoms with Crippen molar-refractivity contribution in [2.75, 3.05) is 19.8 Å². The minimum Gasteiger partial charge on any atom is -0.396 e. The van der Waals surface area contributed by atoms with Crippen molar-refractivity contribution in [3.8, 4) is 0 Å². The van der Waals surface area contributed by atoms with Crippen LogP contribution in [0.4, 0.5) is 0 Å². The Balaban J connectivity index is 2.07. The van der Waals surface area contributed by atoms with Gasteiger partial charge < -0.3 is 35.0 Å². The summed E-state index contributed by atoms with van der Waals surface area (Å²) in [7, 11) is 0. The predicted molar refractivity (Wildman–Crippen MR) is 81.8 cm³/mol. The second-order valence-corrected chi connectivity index (χ2v) is 7.09. The zero-order chi connectivity index (χ0) is 18.1. The van der Waals surface area contributed by atoms with Crippen LogP contribution in [0, 0.1) is 11.3 Å². The van der Waals surface area contributed by atoms with Gasteiger partial charge in [0.15, 0.2) is 12.1 Å². The second kappa shape index (κ2) is 7.57. The van der Waals surface area contributed by atoms with Crippen LogP contribution in [-0.2, 0) is 14.3 Å². The van der Waals surface area contributed by atoms with Gasteiger partial charge in [-0.1, -0.05) is 13.8 Å². The molecule has 24 heavy (non-hydrogen) atoms. The van der Waals surface area contributed by atoms with Crippen molar-refractivity contribution < 1.29 is 39.8 Å². The van der Waals surface area contributed by atoms with Crippen LogP contribution < -0.4 is 0 Å². The Kier molecular flexibility index (Phi) is 6.14. The third-order valence-electron chi connectivity index (χ3n) is 4.81. The fourth-order valence-electron chi connectivity index (χ4n) is 3.32. The van der Waals surface area contributed by atoms with Crippen LogP contribution in [0.5, 0.6) is 0 Å². The van der Waals surface area contributed by atoms with Crippen molar-refractivity contribution in [2.45, 2.75) is 51.0 Å². The average Bonchev–Trinajstić information content (AvgIpc) is 2.50. The maximum absolute atomic E-state index is 11.9. The highest BCUT2D eigenvalue weighted by molar-refractivity contribution is 5.92. The minimum absolute atomic E-state index is 0.0721. The molecule has 0 radical (unpaired) electrons. The predicted octanol–water partition coefficient (Wildman–Crippen LogP) is -1.66. The number of carbonyl (C=O) groups is 1. The summed E-state index contributed by atoms with van der Waals surface area (Å²) in [6, 6.07) is 0. The highest BCUT2D eigenvalue weighted by atomic mass is 16.7. The Morgan fingerprint density at radius 3 is 2.42 bits per heavy atom. The molecule has 0 unspecified atom stereocenters. The highest BCUT2D eigenvalue weighted by Gasteiger charge is 2.44. The van der Waals surface area contributed by atoms with E-state index in [-0.39, 0.29) is 24.9 Å². The molecule has 0 aromatic heterocycles. The summed E-state index contributed by atoms with van der Waals surface area (Å²) in [4.78, 5) is 11.9. The Morgan fingerprint density at radius 1 is 1.17 bits per heavy atom. The number of aliphatic hydroxyl groups excluding tert-OH is 5. The number of carbonyl (C=O) groups excluding carboxylic acids is 1. The van der Waals surface area contributed by atoms with Gasteiger partial charge in [-0.3, -0.25) is 4.79 Å². The van der Waals surface area contributed by atoms with E-state index in [0.717, 1.165) is 0 Å². The van der Waals surface area contributed by atoms with Gasteiger partial charge in [0.1, 0.15) is 24.4 Å². The molecule has 2 aliphatic rings. The molecule has 0 bridgehead atoms. The monoisotopic (exact) mass is 346 g/mol. The summed E-state index contributed by atoms with van der Waals surface area (Å²) in [5.41, 5.74) is 0.157. The lowest BCUT2D eigenvalue weighted by Crippen LogP contribution is -2.59. The van der Waals surface area contributed by atoms with E-state index in [1.807, 2.05) is 13.8 Å². The summed E-state index contributed by atoms with van der Waals surface area (Å²) in [6.45, 7) is 2.99. The molecule has 0 saturated carbocycles. The molecule has 0 aromatic rings. The van der Waals surface area contributed by atoms with E-state index in [1.165, 1.54) is 6.08 Å². The van der Waals surface area contributed by atoms with Crippen molar-refractivity contribution in [2.24, 2.45) is 11.3 Å². The third kappa shape index (κ3) is 3.85. The van der Waals surface area contributed by atoms with E-state index in [4.69, 9.17) is 14.6 Å². The quantitative estimate of drug-likeness (QED) is 0.399. The van der Waals surface area contributed by atoms with E-state index in [1.54, 1.807) is 0 Å². The fourth-order valence-corrected chi connectivity index (χ4v) is 3.32. The van der Waals surface area contributed by atoms with Gasteiger partial charge in [-0.2, -0.15) is 0 Å². The number of ether oxygens (including phenoxy) is 2. The van der Waals surface area contributed by atoms with Crippen LogP contribution >= 0.6 is 0 Å². The largest absolute Gasteiger partial charge is 0.396 e. The van der Waals surface area contributed by atoms with Gasteiger partial charge in [0, 0.05) is 12.3 Å². The topological polar surface area (TPSA) is 137 Å². The molecule has 5 N–H and O–H groups in total. The van der Waals surface area contributed by atoms with Gasteiger partial charge in [0.2, 0.25) is 0 Å². The van der Waals surface area contributed by atoms with Crippen molar-refractivity contribution in [3.05, 3.63) is 11.6 Å². The molecular weight excluding hydrogens is 320 g/mol. The molecule has 138 valence electrons. The first-order chi connectivity index (χ1) is 11.2. The number of allylic oxidation sites excluding steroid dienone is 1. The summed E-state index contributed by atoms with van der Waals surface area (Å²) in [5.74, 6) is -0.350. The SMILES string of the molecule is CC1(C)CC(=O)C=C(CO[C@H]2O[C@@H](CO)[C@H](O)[C@@H](O)[C@@H]2O)[C@H]1CO. The normalized spacial score (nSPS) is 39.6. The lowest BCUT2D eigenvalue weighted by Gasteiger charge is -2.41. The number of hydrogen-bond acceptors (Lipinski definition) is 8. The maximum Gasteiger partial charge on any atom is 0.187 e. The van der Waals surface area contributed by atoms with Gasteiger partial charge in [0.05, 0.1) is 19.8 Å². The first-order valence-electron chi connectivity index (χ1n) is 7.97. The average molecular weight is 346 g/mol. The van der Waals surface area contributed by atoms with E-state index in [2.05, 4.69) is 0 Å². The number of hydrogen-bond donors (Lipinski definition) is 5. The van der Waals surface area contributed by atoms with Crippen LogP contribution in [0.3, 0.4) is 0 Å². The standard InChI is InChI=1S/C16H26O8/c1-16(2)4-9(19)3-8(10(16)5-17)7-23-15-14(22)13(21)12(20)11(6-18)24-15/h3,10-15,17-18,20-22H,4-7H2,1-2H3/t10-,11+,12+,13-,14+,15+/m1/s1. The first-order valence-corrected chi connectivity index (χ1v) is 7.97. The van der Waals surface area contributed by atoms with Crippen LogP contribution in [-0.4, -0.2) is 81.8 Å². The second-order valence-electron chi connectivity index (χ2n) is 7.09. The van der Waals surface area contributed by atoms with Gasteiger partial charge >= 0.3 is 0 Å². The van der Waals surface area contributed by atoms with Crippen molar-refractivity contribution >= 4 is 5.78 Å². The molecule has 1 heterocycles. The number of ketones is 1. The molecule has 2 rings (SSSR count). The third-order valence-corrected chi connectivity index (χ3v) is 4.81. The van der Waals surface area contributed by atoms with Crippen molar-refractivity contribution in [3.63, 3.8) is 0 Å². The van der Waals surface area contributed by atoms with Gasteiger partial charge in [-0.25, -0.2) is 0 Å². The number of rotatable bonds is 5. The molecule has 1 fully saturated rings.